The summed E-state index contributed by atoms with van der Waals surface area (Å²) in [5.74, 6) is 0. The lowest BCUT2D eigenvalue weighted by Crippen LogP contribution is -1.91. The Morgan fingerprint density at radius 3 is 1.35 bits per heavy atom. The molecule has 0 atom stereocenters. The monoisotopic (exact) mass is 586 g/mol. The molecular weight excluding hydrogens is 560 g/mol. The maximum atomic E-state index is 4.41. The average molecular weight is 587 g/mol. The van der Waals surface area contributed by atoms with E-state index >= 15 is 0 Å². The second-order valence-corrected chi connectivity index (χ2v) is 11.6. The molecule has 4 heteroatoms. The van der Waals surface area contributed by atoms with Crippen LogP contribution in [-0.4, -0.2) is 19.9 Å². The fraction of sp³-hybridized carbons (Fsp3) is 0. The quantitative estimate of drug-likeness (QED) is 0.188. The Balaban J connectivity index is 1.24. The normalized spacial score (nSPS) is 11.5. The van der Waals surface area contributed by atoms with Crippen molar-refractivity contribution < 1.29 is 0 Å². The van der Waals surface area contributed by atoms with E-state index < -0.39 is 0 Å². The second kappa shape index (κ2) is 10.7. The Bertz CT molecular complexity index is 2430. The van der Waals surface area contributed by atoms with E-state index in [1.165, 1.54) is 54.6 Å². The van der Waals surface area contributed by atoms with E-state index in [1.54, 1.807) is 6.33 Å². The molecule has 0 unspecified atom stereocenters. The van der Waals surface area contributed by atoms with Gasteiger partial charge < -0.3 is 0 Å². The van der Waals surface area contributed by atoms with E-state index in [9.17, 15) is 0 Å². The van der Waals surface area contributed by atoms with Gasteiger partial charge in [-0.25, -0.2) is 9.97 Å². The first-order valence-electron chi connectivity index (χ1n) is 15.3. The van der Waals surface area contributed by atoms with Crippen LogP contribution in [0.25, 0.3) is 88.0 Å². The third-order valence-electron chi connectivity index (χ3n) is 8.99. The van der Waals surface area contributed by atoms with Crippen LogP contribution in [0, 0.1) is 0 Å². The number of benzene rings is 6. The minimum Gasteiger partial charge on any atom is -0.264 e. The largest absolute Gasteiger partial charge is 0.264 e. The van der Waals surface area contributed by atoms with Gasteiger partial charge >= 0.3 is 0 Å². The van der Waals surface area contributed by atoms with Gasteiger partial charge in [-0.1, -0.05) is 84.9 Å². The number of nitrogens with zero attached hydrogens (tertiary/aromatic N) is 4. The number of pyridine rings is 2. The first kappa shape index (κ1) is 26.2. The smallest absolute Gasteiger partial charge is 0.115 e. The Kier molecular flexibility index (Phi) is 6.10. The molecule has 214 valence electrons. The standard InChI is InChI=1S/C42H26N4/c1-3-31(22-43-17-1)33-19-34(32-4-2-18-44-23-32)21-35(20-33)38-14-10-30-11-15-39-37(13-9-29-12-16-40(38)42(30)41(29)39)28-7-5-27(6-8-28)36-24-45-26-46-25-36/h1-26H. The van der Waals surface area contributed by atoms with Crippen LogP contribution in [0.2, 0.25) is 0 Å². The molecule has 0 saturated heterocycles. The molecule has 0 bridgehead atoms. The van der Waals surface area contributed by atoms with Gasteiger partial charge in [0.2, 0.25) is 0 Å². The van der Waals surface area contributed by atoms with Crippen molar-refractivity contribution in [3.63, 3.8) is 0 Å². The van der Waals surface area contributed by atoms with Gasteiger partial charge in [0.15, 0.2) is 0 Å². The van der Waals surface area contributed by atoms with Crippen molar-refractivity contribution in [2.75, 3.05) is 0 Å². The molecule has 0 aliphatic rings. The first-order valence-corrected chi connectivity index (χ1v) is 15.3. The van der Waals surface area contributed by atoms with Gasteiger partial charge in [0, 0.05) is 53.9 Å². The molecule has 0 aliphatic carbocycles. The van der Waals surface area contributed by atoms with Crippen LogP contribution in [0.1, 0.15) is 0 Å². The highest BCUT2D eigenvalue weighted by molar-refractivity contribution is 6.27. The van der Waals surface area contributed by atoms with Crippen molar-refractivity contribution in [3.05, 3.63) is 159 Å². The Morgan fingerprint density at radius 1 is 0.326 bits per heavy atom. The lowest BCUT2D eigenvalue weighted by atomic mass is 9.86. The number of rotatable bonds is 5. The van der Waals surface area contributed by atoms with Crippen LogP contribution in [0.5, 0.6) is 0 Å². The summed E-state index contributed by atoms with van der Waals surface area (Å²) in [7, 11) is 0. The summed E-state index contributed by atoms with van der Waals surface area (Å²) in [4.78, 5) is 17.2. The molecule has 9 aromatic rings. The first-order chi connectivity index (χ1) is 22.8. The second-order valence-electron chi connectivity index (χ2n) is 11.6. The van der Waals surface area contributed by atoms with Crippen molar-refractivity contribution in [3.8, 4) is 55.6 Å². The zero-order valence-corrected chi connectivity index (χ0v) is 24.8. The molecule has 0 fully saturated rings. The highest BCUT2D eigenvalue weighted by atomic mass is 14.8. The highest BCUT2D eigenvalue weighted by Gasteiger charge is 2.16. The molecule has 4 nitrogen and oxygen atoms in total. The molecule has 0 N–H and O–H groups in total. The fourth-order valence-corrected chi connectivity index (χ4v) is 6.78. The molecule has 0 spiro atoms. The van der Waals surface area contributed by atoms with Gasteiger partial charge in [0.25, 0.3) is 0 Å². The Morgan fingerprint density at radius 2 is 0.804 bits per heavy atom. The topological polar surface area (TPSA) is 51.6 Å². The van der Waals surface area contributed by atoms with Gasteiger partial charge in [0.1, 0.15) is 6.33 Å². The summed E-state index contributed by atoms with van der Waals surface area (Å²) in [5.41, 5.74) is 11.3. The summed E-state index contributed by atoms with van der Waals surface area (Å²) < 4.78 is 0. The number of hydrogen-bond acceptors (Lipinski definition) is 4. The minimum absolute atomic E-state index is 1.01. The summed E-state index contributed by atoms with van der Waals surface area (Å²) in [6, 6.07) is 41.9. The predicted octanol–water partition coefficient (Wildman–Crippen LogP) is 10.5. The van der Waals surface area contributed by atoms with Crippen LogP contribution < -0.4 is 0 Å². The minimum atomic E-state index is 1.01. The molecular formula is C42H26N4. The van der Waals surface area contributed by atoms with Crippen LogP contribution in [0.15, 0.2) is 159 Å². The molecule has 6 aromatic carbocycles. The van der Waals surface area contributed by atoms with Crippen LogP contribution in [-0.2, 0) is 0 Å². The van der Waals surface area contributed by atoms with E-state index in [4.69, 9.17) is 0 Å². The maximum Gasteiger partial charge on any atom is 0.115 e. The Hall–Kier alpha value is -6.26. The van der Waals surface area contributed by atoms with E-state index in [0.29, 0.717) is 0 Å². The van der Waals surface area contributed by atoms with Gasteiger partial charge in [-0.3, -0.25) is 9.97 Å². The predicted molar refractivity (Wildman–Crippen MR) is 189 cm³/mol. The van der Waals surface area contributed by atoms with Crippen LogP contribution in [0.3, 0.4) is 0 Å². The average Bonchev–Trinajstić information content (AvgIpc) is 3.14. The van der Waals surface area contributed by atoms with E-state index in [0.717, 1.165) is 33.4 Å². The molecule has 0 saturated carbocycles. The third kappa shape index (κ3) is 4.39. The maximum absolute atomic E-state index is 4.41. The zero-order valence-electron chi connectivity index (χ0n) is 24.8. The summed E-state index contributed by atoms with van der Waals surface area (Å²) in [6.07, 6.45) is 12.7. The Labute approximate surface area is 266 Å². The lowest BCUT2D eigenvalue weighted by Gasteiger charge is -2.17. The highest BCUT2D eigenvalue weighted by Crippen LogP contribution is 2.43. The lowest BCUT2D eigenvalue weighted by molar-refractivity contribution is 1.17. The van der Waals surface area contributed by atoms with Crippen LogP contribution >= 0.6 is 0 Å². The van der Waals surface area contributed by atoms with E-state index in [-0.39, 0.29) is 0 Å². The molecule has 9 rings (SSSR count). The molecule has 0 radical (unpaired) electrons. The molecule has 3 aromatic heterocycles. The molecule has 0 aliphatic heterocycles. The van der Waals surface area contributed by atoms with Crippen molar-refractivity contribution in [2.45, 2.75) is 0 Å². The summed E-state index contributed by atoms with van der Waals surface area (Å²) in [6.45, 7) is 0. The van der Waals surface area contributed by atoms with Crippen LogP contribution in [0.4, 0.5) is 0 Å². The summed E-state index contributed by atoms with van der Waals surface area (Å²) >= 11 is 0. The van der Waals surface area contributed by atoms with E-state index in [2.05, 4.69) is 123 Å². The van der Waals surface area contributed by atoms with Crippen molar-refractivity contribution >= 4 is 32.3 Å². The molecule has 0 amide bonds. The number of aromatic nitrogens is 4. The van der Waals surface area contributed by atoms with Crippen molar-refractivity contribution in [1.82, 2.24) is 19.9 Å². The van der Waals surface area contributed by atoms with E-state index in [1.807, 2.05) is 49.3 Å². The summed E-state index contributed by atoms with van der Waals surface area (Å²) in [5, 5.41) is 7.57. The van der Waals surface area contributed by atoms with Gasteiger partial charge in [0.05, 0.1) is 0 Å². The third-order valence-corrected chi connectivity index (χ3v) is 8.99. The van der Waals surface area contributed by atoms with Gasteiger partial charge in [-0.15, -0.1) is 0 Å². The van der Waals surface area contributed by atoms with Crippen molar-refractivity contribution in [2.24, 2.45) is 0 Å². The zero-order chi connectivity index (χ0) is 30.5. The fourth-order valence-electron chi connectivity index (χ4n) is 6.78. The molecule has 46 heavy (non-hydrogen) atoms. The molecule has 3 heterocycles. The van der Waals surface area contributed by atoms with Crippen molar-refractivity contribution in [1.29, 1.82) is 0 Å². The van der Waals surface area contributed by atoms with Gasteiger partial charge in [-0.2, -0.15) is 0 Å². The SMILES string of the molecule is c1cncc(-c2cc(-c3cccnc3)cc(-c3ccc4ccc5c(-c6ccc(-c7cncnc7)cc6)ccc6ccc3c4c65)c2)c1. The van der Waals surface area contributed by atoms with Gasteiger partial charge in [-0.05, 0) is 102 Å². The number of hydrogen-bond donors (Lipinski definition) is 0.